The Morgan fingerprint density at radius 1 is 1.22 bits per heavy atom. The van der Waals surface area contributed by atoms with E-state index in [1.165, 1.54) is 5.56 Å². The molecule has 0 fully saturated rings. The highest BCUT2D eigenvalue weighted by atomic mass is 32.1. The fourth-order valence-corrected chi connectivity index (χ4v) is 3.31. The summed E-state index contributed by atoms with van der Waals surface area (Å²) < 4.78 is 7.67. The minimum absolute atomic E-state index is 0.0881. The molecule has 0 N–H and O–H groups in total. The second-order valence-electron chi connectivity index (χ2n) is 6.65. The number of aryl methyl sites for hydroxylation is 1. The first kappa shape index (κ1) is 14.4. The first-order chi connectivity index (χ1) is 10.9. The Morgan fingerprint density at radius 2 is 2.04 bits per heavy atom. The van der Waals surface area contributed by atoms with Crippen LogP contribution in [-0.2, 0) is 11.8 Å². The van der Waals surface area contributed by atoms with E-state index in [1.54, 1.807) is 15.9 Å². The smallest absolute Gasteiger partial charge is 0.247 e. The van der Waals surface area contributed by atoms with Crippen LogP contribution in [0.3, 0.4) is 0 Å². The van der Waals surface area contributed by atoms with Crippen molar-refractivity contribution in [2.45, 2.75) is 39.5 Å². The van der Waals surface area contributed by atoms with Crippen LogP contribution in [0.5, 0.6) is 0 Å². The van der Waals surface area contributed by atoms with Crippen molar-refractivity contribution in [1.29, 1.82) is 0 Å². The molecular weight excluding hydrogens is 308 g/mol. The van der Waals surface area contributed by atoms with E-state index >= 15 is 0 Å². The largest absolute Gasteiger partial charge is 0.435 e. The van der Waals surface area contributed by atoms with Crippen LogP contribution in [0.2, 0.25) is 0 Å². The van der Waals surface area contributed by atoms with Crippen molar-refractivity contribution in [1.82, 2.24) is 19.6 Å². The van der Waals surface area contributed by atoms with Crippen molar-refractivity contribution in [3.8, 4) is 11.6 Å². The molecule has 4 rings (SSSR count). The summed E-state index contributed by atoms with van der Waals surface area (Å²) in [4.78, 5) is 10.1. The third-order valence-corrected chi connectivity index (χ3v) is 4.93. The molecule has 0 radical (unpaired) electrons. The zero-order valence-electron chi connectivity index (χ0n) is 13.6. The van der Waals surface area contributed by atoms with Crippen LogP contribution in [0.15, 0.2) is 28.8 Å². The zero-order chi connectivity index (χ0) is 16.2. The number of oxazole rings is 1. The van der Waals surface area contributed by atoms with Crippen molar-refractivity contribution >= 4 is 27.4 Å². The molecule has 3 heterocycles. The maximum atomic E-state index is 5.87. The van der Waals surface area contributed by atoms with Gasteiger partial charge in [-0.05, 0) is 29.5 Å². The molecule has 0 aliphatic rings. The molecule has 0 atom stereocenters. The molecule has 0 bridgehead atoms. The maximum Gasteiger partial charge on any atom is 0.247 e. The lowest BCUT2D eigenvalue weighted by atomic mass is 9.87. The quantitative estimate of drug-likeness (QED) is 0.546. The van der Waals surface area contributed by atoms with Gasteiger partial charge in [-0.3, -0.25) is 0 Å². The summed E-state index contributed by atoms with van der Waals surface area (Å²) in [5.74, 6) is 0.543. The molecular formula is C17H18N4OS. The van der Waals surface area contributed by atoms with Crippen molar-refractivity contribution < 1.29 is 4.42 Å². The zero-order valence-corrected chi connectivity index (χ0v) is 14.4. The molecule has 0 saturated heterocycles. The van der Waals surface area contributed by atoms with Crippen molar-refractivity contribution in [3.05, 3.63) is 35.0 Å². The van der Waals surface area contributed by atoms with Gasteiger partial charge in [0.15, 0.2) is 5.58 Å². The number of imidazole rings is 1. The van der Waals surface area contributed by atoms with Gasteiger partial charge >= 0.3 is 0 Å². The van der Waals surface area contributed by atoms with E-state index in [9.17, 15) is 0 Å². The third-order valence-electron chi connectivity index (χ3n) is 3.86. The lowest BCUT2D eigenvalue weighted by Crippen LogP contribution is -2.10. The molecule has 0 aliphatic carbocycles. The predicted octanol–water partition coefficient (Wildman–Crippen LogP) is 4.46. The minimum atomic E-state index is 0.0881. The van der Waals surface area contributed by atoms with E-state index < -0.39 is 0 Å². The van der Waals surface area contributed by atoms with Crippen LogP contribution in [0.1, 0.15) is 38.3 Å². The first-order valence-corrected chi connectivity index (χ1v) is 8.52. The highest BCUT2D eigenvalue weighted by Crippen LogP contribution is 2.29. The molecule has 0 spiro atoms. The van der Waals surface area contributed by atoms with E-state index in [4.69, 9.17) is 4.42 Å². The Balaban J connectivity index is 1.79. The fourth-order valence-electron chi connectivity index (χ4n) is 2.49. The molecule has 0 saturated carbocycles. The first-order valence-electron chi connectivity index (χ1n) is 7.70. The molecule has 0 aliphatic heterocycles. The molecule has 5 nitrogen and oxygen atoms in total. The highest BCUT2D eigenvalue weighted by molar-refractivity contribution is 7.16. The van der Waals surface area contributed by atoms with Crippen LogP contribution in [-0.4, -0.2) is 19.6 Å². The average Bonchev–Trinajstić information content (AvgIpc) is 3.16. The van der Waals surface area contributed by atoms with Crippen LogP contribution in [0.25, 0.3) is 27.6 Å². The number of hydrogen-bond donors (Lipinski definition) is 0. The van der Waals surface area contributed by atoms with Crippen molar-refractivity contribution in [3.63, 3.8) is 0 Å². The summed E-state index contributed by atoms with van der Waals surface area (Å²) in [6, 6.07) is 6.17. The molecule has 0 unspecified atom stereocenters. The Morgan fingerprint density at radius 3 is 2.74 bits per heavy atom. The third kappa shape index (κ3) is 2.43. The summed E-state index contributed by atoms with van der Waals surface area (Å²) in [5, 5.41) is 5.56. The van der Waals surface area contributed by atoms with Gasteiger partial charge in [-0.15, -0.1) is 0 Å². The molecule has 0 amide bonds. The second-order valence-corrected chi connectivity index (χ2v) is 7.69. The minimum Gasteiger partial charge on any atom is -0.435 e. The van der Waals surface area contributed by atoms with E-state index in [2.05, 4.69) is 54.9 Å². The number of rotatable bonds is 2. The Kier molecular flexibility index (Phi) is 3.06. The standard InChI is InChI=1S/C17H18N4OS/c1-5-14-20-21-9-12(19-16(21)23-14)15-18-11-8-10(17(2,3)4)6-7-13(11)22-15/h6-9H,5H2,1-4H3. The second kappa shape index (κ2) is 4.89. The lowest BCUT2D eigenvalue weighted by Gasteiger charge is -2.18. The molecule has 4 aromatic rings. The van der Waals surface area contributed by atoms with Gasteiger partial charge < -0.3 is 4.42 Å². The topological polar surface area (TPSA) is 56.2 Å². The van der Waals surface area contributed by atoms with Crippen LogP contribution < -0.4 is 0 Å². The van der Waals surface area contributed by atoms with E-state index in [0.717, 1.165) is 33.2 Å². The SMILES string of the molecule is CCc1nn2cc(-c3nc4cc(C(C)(C)C)ccc4o3)nc2s1. The van der Waals surface area contributed by atoms with Gasteiger partial charge in [-0.1, -0.05) is 45.1 Å². The molecule has 118 valence electrons. The van der Waals surface area contributed by atoms with Gasteiger partial charge in [-0.25, -0.2) is 14.5 Å². The normalized spacial score (nSPS) is 12.5. The van der Waals surface area contributed by atoms with Crippen molar-refractivity contribution in [2.24, 2.45) is 0 Å². The summed E-state index contributed by atoms with van der Waals surface area (Å²) in [6.07, 6.45) is 2.79. The van der Waals surface area contributed by atoms with Crippen LogP contribution in [0.4, 0.5) is 0 Å². The Labute approximate surface area is 138 Å². The number of benzene rings is 1. The predicted molar refractivity (Wildman–Crippen MR) is 91.9 cm³/mol. The van der Waals surface area contributed by atoms with Crippen molar-refractivity contribution in [2.75, 3.05) is 0 Å². The van der Waals surface area contributed by atoms with E-state index in [-0.39, 0.29) is 5.41 Å². The van der Waals surface area contributed by atoms with E-state index in [0.29, 0.717) is 5.89 Å². The molecule has 3 aromatic heterocycles. The maximum absolute atomic E-state index is 5.87. The number of fused-ring (bicyclic) bond motifs is 2. The van der Waals surface area contributed by atoms with Gasteiger partial charge in [0.2, 0.25) is 10.9 Å². The summed E-state index contributed by atoms with van der Waals surface area (Å²) in [6.45, 7) is 8.66. The van der Waals surface area contributed by atoms with Gasteiger partial charge in [-0.2, -0.15) is 5.10 Å². The van der Waals surface area contributed by atoms with Gasteiger partial charge in [0.1, 0.15) is 16.2 Å². The monoisotopic (exact) mass is 326 g/mol. The van der Waals surface area contributed by atoms with Crippen LogP contribution in [0, 0.1) is 0 Å². The summed E-state index contributed by atoms with van der Waals surface area (Å²) in [5.41, 5.74) is 3.70. The van der Waals surface area contributed by atoms with Gasteiger partial charge in [0.25, 0.3) is 0 Å². The summed E-state index contributed by atoms with van der Waals surface area (Å²) in [7, 11) is 0. The Bertz CT molecular complexity index is 971. The molecule has 23 heavy (non-hydrogen) atoms. The van der Waals surface area contributed by atoms with Gasteiger partial charge in [0, 0.05) is 0 Å². The molecule has 1 aromatic carbocycles. The molecule has 6 heteroatoms. The number of nitrogens with zero attached hydrogens (tertiary/aromatic N) is 4. The average molecular weight is 326 g/mol. The van der Waals surface area contributed by atoms with Gasteiger partial charge in [0.05, 0.1) is 6.20 Å². The lowest BCUT2D eigenvalue weighted by molar-refractivity contribution is 0.590. The Hall–Kier alpha value is -2.21. The number of aromatic nitrogens is 4. The fraction of sp³-hybridized carbons (Fsp3) is 0.353. The highest BCUT2D eigenvalue weighted by Gasteiger charge is 2.18. The van der Waals surface area contributed by atoms with E-state index in [1.807, 2.05) is 12.3 Å². The van der Waals surface area contributed by atoms with Crippen LogP contribution >= 0.6 is 11.3 Å². The number of hydrogen-bond acceptors (Lipinski definition) is 5. The summed E-state index contributed by atoms with van der Waals surface area (Å²) >= 11 is 1.60.